The fourth-order valence-electron chi connectivity index (χ4n) is 1.43. The number of carbonyl (C=O) groups is 1. The lowest BCUT2D eigenvalue weighted by Crippen LogP contribution is -2.32. The van der Waals surface area contributed by atoms with Gasteiger partial charge in [0.15, 0.2) is 0 Å². The Morgan fingerprint density at radius 2 is 2.00 bits per heavy atom. The molecule has 0 saturated heterocycles. The molecule has 0 radical (unpaired) electrons. The van der Waals surface area contributed by atoms with Gasteiger partial charge >= 0.3 is 0 Å². The highest BCUT2D eigenvalue weighted by Crippen LogP contribution is 2.02. The Balaban J connectivity index is 2.40. The van der Waals surface area contributed by atoms with E-state index in [1.165, 1.54) is 0 Å². The van der Waals surface area contributed by atoms with Gasteiger partial charge in [-0.1, -0.05) is 30.3 Å². The highest BCUT2D eigenvalue weighted by Gasteiger charge is 2.09. The molecule has 0 heterocycles. The summed E-state index contributed by atoms with van der Waals surface area (Å²) in [5.74, 6) is 0.145. The summed E-state index contributed by atoms with van der Waals surface area (Å²) >= 11 is 0. The lowest BCUT2D eigenvalue weighted by Gasteiger charge is -2.18. The molecule has 0 spiro atoms. The highest BCUT2D eigenvalue weighted by molar-refractivity contribution is 5.78. The number of nitrogens with two attached hydrogens (primary N) is 1. The second-order valence-electron chi connectivity index (χ2n) is 4.24. The zero-order valence-corrected chi connectivity index (χ0v) is 10.0. The average molecular weight is 220 g/mol. The smallest absolute Gasteiger partial charge is 0.226 e. The van der Waals surface area contributed by atoms with E-state index in [1.54, 1.807) is 4.90 Å². The van der Waals surface area contributed by atoms with Crippen molar-refractivity contribution in [1.82, 2.24) is 4.90 Å². The summed E-state index contributed by atoms with van der Waals surface area (Å²) in [6, 6.07) is 9.93. The van der Waals surface area contributed by atoms with Crippen molar-refractivity contribution in [2.75, 3.05) is 13.6 Å². The molecule has 1 aromatic rings. The van der Waals surface area contributed by atoms with Gasteiger partial charge in [-0.3, -0.25) is 4.79 Å². The predicted molar refractivity (Wildman–Crippen MR) is 66.0 cm³/mol. The van der Waals surface area contributed by atoms with E-state index in [1.807, 2.05) is 44.3 Å². The molecule has 0 saturated carbocycles. The number of benzene rings is 1. The fourth-order valence-corrected chi connectivity index (χ4v) is 1.43. The van der Waals surface area contributed by atoms with Crippen LogP contribution in [0.15, 0.2) is 30.3 Å². The minimum absolute atomic E-state index is 0.145. The molecule has 1 amide bonds. The van der Waals surface area contributed by atoms with Crippen molar-refractivity contribution in [3.63, 3.8) is 0 Å². The number of carbonyl (C=O) groups excluding carboxylic acids is 1. The van der Waals surface area contributed by atoms with Gasteiger partial charge in [-0.2, -0.15) is 0 Å². The normalized spacial score (nSPS) is 12.2. The summed E-state index contributed by atoms with van der Waals surface area (Å²) in [4.78, 5) is 13.6. The molecule has 0 aromatic heterocycles. The summed E-state index contributed by atoms with van der Waals surface area (Å²) < 4.78 is 0. The Bertz CT molecular complexity index is 322. The van der Waals surface area contributed by atoms with Crippen LogP contribution in [0.1, 0.15) is 18.9 Å². The van der Waals surface area contributed by atoms with E-state index in [0.717, 1.165) is 18.5 Å². The van der Waals surface area contributed by atoms with E-state index in [9.17, 15) is 4.79 Å². The monoisotopic (exact) mass is 220 g/mol. The van der Waals surface area contributed by atoms with Gasteiger partial charge in [-0.25, -0.2) is 0 Å². The van der Waals surface area contributed by atoms with Crippen molar-refractivity contribution < 1.29 is 4.79 Å². The Labute approximate surface area is 97.2 Å². The summed E-state index contributed by atoms with van der Waals surface area (Å²) in [5.41, 5.74) is 6.71. The second kappa shape index (κ2) is 6.28. The number of hydrogen-bond acceptors (Lipinski definition) is 2. The molecule has 16 heavy (non-hydrogen) atoms. The zero-order chi connectivity index (χ0) is 12.0. The molecule has 1 rings (SSSR count). The van der Waals surface area contributed by atoms with E-state index >= 15 is 0 Å². The standard InChI is InChI=1S/C13H20N2O/c1-11(14)8-9-15(2)13(16)10-12-6-4-3-5-7-12/h3-7,11H,8-10,14H2,1-2H3. The average Bonchev–Trinajstić information content (AvgIpc) is 2.27. The second-order valence-corrected chi connectivity index (χ2v) is 4.24. The van der Waals surface area contributed by atoms with Crippen LogP contribution in [0.3, 0.4) is 0 Å². The van der Waals surface area contributed by atoms with E-state index in [0.29, 0.717) is 6.42 Å². The maximum Gasteiger partial charge on any atom is 0.226 e. The first kappa shape index (κ1) is 12.7. The SMILES string of the molecule is CC(N)CCN(C)C(=O)Cc1ccccc1. The van der Waals surface area contributed by atoms with Crippen molar-refractivity contribution in [2.45, 2.75) is 25.8 Å². The lowest BCUT2D eigenvalue weighted by atomic mass is 10.1. The largest absolute Gasteiger partial charge is 0.345 e. The minimum Gasteiger partial charge on any atom is -0.345 e. The lowest BCUT2D eigenvalue weighted by molar-refractivity contribution is -0.129. The molecule has 0 bridgehead atoms. The van der Waals surface area contributed by atoms with E-state index < -0.39 is 0 Å². The van der Waals surface area contributed by atoms with Crippen LogP contribution in [-0.4, -0.2) is 30.4 Å². The number of likely N-dealkylation sites (N-methyl/N-ethyl adjacent to an activating group) is 1. The summed E-state index contributed by atoms with van der Waals surface area (Å²) in [5, 5.41) is 0. The predicted octanol–water partition coefficient (Wildman–Crippen LogP) is 1.42. The summed E-state index contributed by atoms with van der Waals surface area (Å²) in [6.45, 7) is 2.68. The number of rotatable bonds is 5. The Kier molecular flexibility index (Phi) is 4.99. The molecule has 2 N–H and O–H groups in total. The Morgan fingerprint density at radius 3 is 2.56 bits per heavy atom. The number of nitrogens with zero attached hydrogens (tertiary/aromatic N) is 1. The van der Waals surface area contributed by atoms with Gasteiger partial charge < -0.3 is 10.6 Å². The van der Waals surface area contributed by atoms with Crippen molar-refractivity contribution in [2.24, 2.45) is 5.73 Å². The topological polar surface area (TPSA) is 46.3 Å². The van der Waals surface area contributed by atoms with Gasteiger partial charge in [0.2, 0.25) is 5.91 Å². The zero-order valence-electron chi connectivity index (χ0n) is 10.0. The Hall–Kier alpha value is -1.35. The molecule has 0 aliphatic carbocycles. The fraction of sp³-hybridized carbons (Fsp3) is 0.462. The van der Waals surface area contributed by atoms with Crippen LogP contribution in [0, 0.1) is 0 Å². The van der Waals surface area contributed by atoms with E-state index in [2.05, 4.69) is 0 Å². The van der Waals surface area contributed by atoms with Crippen LogP contribution in [0.5, 0.6) is 0 Å². The molecular weight excluding hydrogens is 200 g/mol. The van der Waals surface area contributed by atoms with Gasteiger partial charge in [0, 0.05) is 19.6 Å². The summed E-state index contributed by atoms with van der Waals surface area (Å²) in [7, 11) is 1.83. The van der Waals surface area contributed by atoms with Crippen molar-refractivity contribution in [3.8, 4) is 0 Å². The van der Waals surface area contributed by atoms with Crippen molar-refractivity contribution in [1.29, 1.82) is 0 Å². The van der Waals surface area contributed by atoms with Crippen LogP contribution in [-0.2, 0) is 11.2 Å². The quantitative estimate of drug-likeness (QED) is 0.816. The third-order valence-corrected chi connectivity index (χ3v) is 2.54. The van der Waals surface area contributed by atoms with Crippen LogP contribution in [0.2, 0.25) is 0 Å². The van der Waals surface area contributed by atoms with E-state index in [-0.39, 0.29) is 11.9 Å². The molecule has 3 nitrogen and oxygen atoms in total. The maximum atomic E-state index is 11.8. The van der Waals surface area contributed by atoms with Gasteiger partial charge in [-0.05, 0) is 18.9 Å². The molecule has 88 valence electrons. The number of hydrogen-bond donors (Lipinski definition) is 1. The molecule has 0 fully saturated rings. The molecule has 1 atom stereocenters. The van der Waals surface area contributed by atoms with Crippen LogP contribution in [0.25, 0.3) is 0 Å². The Morgan fingerprint density at radius 1 is 1.38 bits per heavy atom. The van der Waals surface area contributed by atoms with Gasteiger partial charge in [0.05, 0.1) is 6.42 Å². The van der Waals surface area contributed by atoms with Crippen molar-refractivity contribution >= 4 is 5.91 Å². The molecule has 0 aliphatic rings. The third-order valence-electron chi connectivity index (χ3n) is 2.54. The molecule has 1 unspecified atom stereocenters. The van der Waals surface area contributed by atoms with Crippen LogP contribution < -0.4 is 5.73 Å². The maximum absolute atomic E-state index is 11.8. The first-order valence-corrected chi connectivity index (χ1v) is 5.63. The van der Waals surface area contributed by atoms with Gasteiger partial charge in [0.1, 0.15) is 0 Å². The van der Waals surface area contributed by atoms with Crippen LogP contribution in [0.4, 0.5) is 0 Å². The molecule has 3 heteroatoms. The van der Waals surface area contributed by atoms with Gasteiger partial charge in [-0.15, -0.1) is 0 Å². The first-order valence-electron chi connectivity index (χ1n) is 5.63. The van der Waals surface area contributed by atoms with Crippen LogP contribution >= 0.6 is 0 Å². The first-order chi connectivity index (χ1) is 7.59. The van der Waals surface area contributed by atoms with E-state index in [4.69, 9.17) is 5.73 Å². The molecule has 0 aliphatic heterocycles. The highest BCUT2D eigenvalue weighted by atomic mass is 16.2. The molecule has 1 aromatic carbocycles. The minimum atomic E-state index is 0.145. The van der Waals surface area contributed by atoms with Crippen molar-refractivity contribution in [3.05, 3.63) is 35.9 Å². The molecular formula is C13H20N2O. The summed E-state index contributed by atoms with van der Waals surface area (Å²) in [6.07, 6.45) is 1.31. The number of amides is 1. The van der Waals surface area contributed by atoms with Gasteiger partial charge in [0.25, 0.3) is 0 Å². The third kappa shape index (κ3) is 4.45.